The molecular formula is C11H14BrN3O2. The average molecular weight is 300 g/mol. The highest BCUT2D eigenvalue weighted by Crippen LogP contribution is 2.33. The Bertz CT molecular complexity index is 439. The summed E-state index contributed by atoms with van der Waals surface area (Å²) in [6.07, 6.45) is 1.02. The van der Waals surface area contributed by atoms with Crippen molar-refractivity contribution in [2.45, 2.75) is 12.5 Å². The van der Waals surface area contributed by atoms with Crippen molar-refractivity contribution >= 4 is 27.3 Å². The highest BCUT2D eigenvalue weighted by molar-refractivity contribution is 9.10. The van der Waals surface area contributed by atoms with Crippen LogP contribution in [0.2, 0.25) is 0 Å². The highest BCUT2D eigenvalue weighted by Gasteiger charge is 2.26. The summed E-state index contributed by atoms with van der Waals surface area (Å²) >= 11 is 3.26. The summed E-state index contributed by atoms with van der Waals surface area (Å²) < 4.78 is 0.734. The monoisotopic (exact) mass is 299 g/mol. The molecule has 1 N–H and O–H groups in total. The van der Waals surface area contributed by atoms with Gasteiger partial charge in [-0.3, -0.25) is 10.1 Å². The molecule has 2 rings (SSSR count). The number of benzene rings is 1. The maximum atomic E-state index is 11.0. The molecule has 92 valence electrons. The van der Waals surface area contributed by atoms with E-state index in [1.807, 2.05) is 13.1 Å². The molecule has 0 spiro atoms. The number of nitrogens with zero attached hydrogens (tertiary/aromatic N) is 2. The molecule has 1 aromatic rings. The summed E-state index contributed by atoms with van der Waals surface area (Å²) in [7, 11) is 1.92. The van der Waals surface area contributed by atoms with E-state index in [1.54, 1.807) is 12.1 Å². The average Bonchev–Trinajstić information content (AvgIpc) is 2.77. The lowest BCUT2D eigenvalue weighted by molar-refractivity contribution is -0.384. The zero-order chi connectivity index (χ0) is 12.4. The summed E-state index contributed by atoms with van der Waals surface area (Å²) in [5.41, 5.74) is 0.868. The summed E-state index contributed by atoms with van der Waals surface area (Å²) in [5, 5.41) is 14.2. The van der Waals surface area contributed by atoms with E-state index in [9.17, 15) is 10.1 Å². The SMILES string of the molecule is CNC1CCN(c2ccc(Br)cc2[N+](=O)[O-])C1. The molecule has 6 heteroatoms. The van der Waals surface area contributed by atoms with Crippen molar-refractivity contribution < 1.29 is 4.92 Å². The van der Waals surface area contributed by atoms with Gasteiger partial charge in [-0.1, -0.05) is 15.9 Å². The predicted molar refractivity (Wildman–Crippen MR) is 70.5 cm³/mol. The van der Waals surface area contributed by atoms with Gasteiger partial charge in [-0.15, -0.1) is 0 Å². The van der Waals surface area contributed by atoms with Gasteiger partial charge < -0.3 is 10.2 Å². The van der Waals surface area contributed by atoms with Crippen molar-refractivity contribution in [1.82, 2.24) is 5.32 Å². The van der Waals surface area contributed by atoms with Crippen molar-refractivity contribution in [1.29, 1.82) is 0 Å². The fraction of sp³-hybridized carbons (Fsp3) is 0.455. The van der Waals surface area contributed by atoms with Crippen LogP contribution in [0.25, 0.3) is 0 Å². The molecule has 1 heterocycles. The first-order valence-electron chi connectivity index (χ1n) is 5.48. The van der Waals surface area contributed by atoms with Crippen LogP contribution in [0.3, 0.4) is 0 Å². The topological polar surface area (TPSA) is 58.4 Å². The van der Waals surface area contributed by atoms with Gasteiger partial charge in [-0.2, -0.15) is 0 Å². The third kappa shape index (κ3) is 2.58. The van der Waals surface area contributed by atoms with Crippen LogP contribution in [-0.4, -0.2) is 31.1 Å². The van der Waals surface area contributed by atoms with Crippen LogP contribution in [0.4, 0.5) is 11.4 Å². The van der Waals surface area contributed by atoms with Crippen LogP contribution in [-0.2, 0) is 0 Å². The number of anilines is 1. The van der Waals surface area contributed by atoms with Gasteiger partial charge in [0, 0.05) is 29.7 Å². The van der Waals surface area contributed by atoms with E-state index in [2.05, 4.69) is 26.1 Å². The second kappa shape index (κ2) is 5.01. The number of rotatable bonds is 3. The Balaban J connectivity index is 2.29. The lowest BCUT2D eigenvalue weighted by Gasteiger charge is -2.18. The van der Waals surface area contributed by atoms with E-state index in [4.69, 9.17) is 0 Å². The molecule has 1 aromatic carbocycles. The molecule has 1 aliphatic rings. The van der Waals surface area contributed by atoms with Gasteiger partial charge in [-0.25, -0.2) is 0 Å². The molecule has 1 aliphatic heterocycles. The Kier molecular flexibility index (Phi) is 3.63. The van der Waals surface area contributed by atoms with Crippen molar-refractivity contribution in [2.24, 2.45) is 0 Å². The first-order valence-corrected chi connectivity index (χ1v) is 6.27. The van der Waals surface area contributed by atoms with Crippen molar-refractivity contribution in [3.8, 4) is 0 Å². The van der Waals surface area contributed by atoms with Gasteiger partial charge in [-0.05, 0) is 25.6 Å². The normalized spacial score (nSPS) is 19.6. The number of nitro benzene ring substituents is 1. The third-order valence-electron chi connectivity index (χ3n) is 3.07. The Morgan fingerprint density at radius 3 is 2.94 bits per heavy atom. The standard InChI is InChI=1S/C11H14BrN3O2/c1-13-9-4-5-14(7-9)10-3-2-8(12)6-11(10)15(16)17/h2-3,6,9,13H,4-5,7H2,1H3. The minimum atomic E-state index is -0.327. The molecule has 1 atom stereocenters. The molecule has 5 nitrogen and oxygen atoms in total. The first kappa shape index (κ1) is 12.3. The van der Waals surface area contributed by atoms with E-state index in [-0.39, 0.29) is 10.6 Å². The quantitative estimate of drug-likeness (QED) is 0.686. The van der Waals surface area contributed by atoms with Crippen molar-refractivity contribution in [3.05, 3.63) is 32.8 Å². The van der Waals surface area contributed by atoms with Crippen LogP contribution in [0.1, 0.15) is 6.42 Å². The Morgan fingerprint density at radius 1 is 1.59 bits per heavy atom. The first-order chi connectivity index (χ1) is 8.11. The largest absolute Gasteiger partial charge is 0.364 e. The lowest BCUT2D eigenvalue weighted by Crippen LogP contribution is -2.29. The molecule has 0 aromatic heterocycles. The Hall–Kier alpha value is -1.14. The number of hydrogen-bond donors (Lipinski definition) is 1. The minimum absolute atomic E-state index is 0.163. The van der Waals surface area contributed by atoms with Crippen LogP contribution in [0.5, 0.6) is 0 Å². The lowest BCUT2D eigenvalue weighted by atomic mass is 10.2. The summed E-state index contributed by atoms with van der Waals surface area (Å²) in [6, 6.07) is 5.62. The van der Waals surface area contributed by atoms with Gasteiger partial charge in [0.2, 0.25) is 0 Å². The zero-order valence-corrected chi connectivity index (χ0v) is 11.1. The van der Waals surface area contributed by atoms with Gasteiger partial charge in [0.25, 0.3) is 5.69 Å². The third-order valence-corrected chi connectivity index (χ3v) is 3.56. The molecule has 0 amide bonds. The van der Waals surface area contributed by atoms with Crippen LogP contribution < -0.4 is 10.2 Å². The van der Waals surface area contributed by atoms with Gasteiger partial charge in [0.05, 0.1) is 4.92 Å². The van der Waals surface area contributed by atoms with Crippen molar-refractivity contribution in [2.75, 3.05) is 25.0 Å². The van der Waals surface area contributed by atoms with Gasteiger partial charge >= 0.3 is 0 Å². The molecule has 0 saturated carbocycles. The van der Waals surface area contributed by atoms with E-state index in [0.717, 1.165) is 24.0 Å². The van der Waals surface area contributed by atoms with E-state index >= 15 is 0 Å². The van der Waals surface area contributed by atoms with E-state index < -0.39 is 0 Å². The Morgan fingerprint density at radius 2 is 2.35 bits per heavy atom. The highest BCUT2D eigenvalue weighted by atomic mass is 79.9. The van der Waals surface area contributed by atoms with Crippen LogP contribution >= 0.6 is 15.9 Å². The van der Waals surface area contributed by atoms with Crippen LogP contribution in [0, 0.1) is 10.1 Å². The molecule has 0 radical (unpaired) electrons. The minimum Gasteiger partial charge on any atom is -0.364 e. The van der Waals surface area contributed by atoms with E-state index in [1.165, 1.54) is 0 Å². The zero-order valence-electron chi connectivity index (χ0n) is 9.52. The van der Waals surface area contributed by atoms with E-state index in [0.29, 0.717) is 11.7 Å². The number of halogens is 1. The number of hydrogen-bond acceptors (Lipinski definition) is 4. The molecule has 0 bridgehead atoms. The molecule has 0 aliphatic carbocycles. The molecular weight excluding hydrogens is 286 g/mol. The number of nitro groups is 1. The van der Waals surface area contributed by atoms with Gasteiger partial charge in [0.1, 0.15) is 5.69 Å². The molecule has 17 heavy (non-hydrogen) atoms. The fourth-order valence-electron chi connectivity index (χ4n) is 2.12. The molecule has 1 fully saturated rings. The second-order valence-corrected chi connectivity index (χ2v) is 5.03. The maximum absolute atomic E-state index is 11.0. The Labute approximate surface area is 108 Å². The summed E-state index contributed by atoms with van der Waals surface area (Å²) in [4.78, 5) is 12.8. The summed E-state index contributed by atoms with van der Waals surface area (Å²) in [6.45, 7) is 1.67. The second-order valence-electron chi connectivity index (χ2n) is 4.11. The molecule has 1 saturated heterocycles. The van der Waals surface area contributed by atoms with Crippen molar-refractivity contribution in [3.63, 3.8) is 0 Å². The predicted octanol–water partition coefficient (Wildman–Crippen LogP) is 2.16. The summed E-state index contributed by atoms with van der Waals surface area (Å²) in [5.74, 6) is 0. The smallest absolute Gasteiger partial charge is 0.293 e. The molecule has 1 unspecified atom stereocenters. The van der Waals surface area contributed by atoms with Gasteiger partial charge in [0.15, 0.2) is 0 Å². The number of nitrogens with one attached hydrogen (secondary N) is 1. The fourth-order valence-corrected chi connectivity index (χ4v) is 2.47. The number of likely N-dealkylation sites (N-methyl/N-ethyl adjacent to an activating group) is 1. The maximum Gasteiger partial charge on any atom is 0.293 e. The van der Waals surface area contributed by atoms with Crippen LogP contribution in [0.15, 0.2) is 22.7 Å².